The maximum Gasteiger partial charge on any atom is 0.255 e. The normalized spacial score (nSPS) is 11.1. The Bertz CT molecular complexity index is 894. The fourth-order valence-corrected chi connectivity index (χ4v) is 3.50. The molecule has 0 atom stereocenters. The van der Waals surface area contributed by atoms with Crippen LogP contribution in [0.25, 0.3) is 0 Å². The van der Waals surface area contributed by atoms with Crippen LogP contribution in [0.1, 0.15) is 22.8 Å². The van der Waals surface area contributed by atoms with E-state index in [1.807, 2.05) is 43.3 Å². The topological polar surface area (TPSA) is 87.7 Å². The number of nitrogens with zero attached hydrogens (tertiary/aromatic N) is 1. The Hall–Kier alpha value is -2.58. The fourth-order valence-electron chi connectivity index (χ4n) is 2.46. The number of sulfonamides is 1. The highest BCUT2D eigenvalue weighted by atomic mass is 32.2. The smallest absolute Gasteiger partial charge is 0.255 e. The molecule has 0 saturated carbocycles. The highest BCUT2D eigenvalue weighted by molar-refractivity contribution is 7.89. The Morgan fingerprint density at radius 1 is 1.11 bits per heavy atom. The molecule has 0 spiro atoms. The largest absolute Gasteiger partial charge is 0.496 e. The molecule has 0 saturated heterocycles. The first-order chi connectivity index (χ1) is 12.8. The van der Waals surface area contributed by atoms with Crippen molar-refractivity contribution in [3.05, 3.63) is 53.6 Å². The van der Waals surface area contributed by atoms with E-state index in [-0.39, 0.29) is 22.9 Å². The van der Waals surface area contributed by atoms with Gasteiger partial charge in [-0.05, 0) is 42.8 Å². The maximum atomic E-state index is 12.6. The van der Waals surface area contributed by atoms with Crippen molar-refractivity contribution in [3.63, 3.8) is 0 Å². The van der Waals surface area contributed by atoms with Gasteiger partial charge in [0.05, 0.1) is 17.6 Å². The second kappa shape index (κ2) is 8.88. The summed E-state index contributed by atoms with van der Waals surface area (Å²) in [5.74, 6) is -0.0650. The second-order valence-electron chi connectivity index (χ2n) is 6.11. The van der Waals surface area contributed by atoms with Crippen molar-refractivity contribution in [2.45, 2.75) is 18.4 Å². The quantitative estimate of drug-likeness (QED) is 0.719. The van der Waals surface area contributed by atoms with Crippen molar-refractivity contribution < 1.29 is 17.9 Å². The third-order valence-electron chi connectivity index (χ3n) is 3.98. The van der Waals surface area contributed by atoms with Crippen LogP contribution in [-0.4, -0.2) is 42.1 Å². The molecule has 0 bridgehead atoms. The number of hydrogen-bond acceptors (Lipinski definition) is 5. The number of methoxy groups -OCH3 is 1. The molecule has 0 aromatic heterocycles. The van der Waals surface area contributed by atoms with Crippen LogP contribution in [0, 0.1) is 0 Å². The summed E-state index contributed by atoms with van der Waals surface area (Å²) in [7, 11) is 1.53. The van der Waals surface area contributed by atoms with Gasteiger partial charge in [0, 0.05) is 32.9 Å². The van der Waals surface area contributed by atoms with Crippen LogP contribution in [0.4, 0.5) is 5.69 Å². The Kier molecular flexibility index (Phi) is 6.81. The fraction of sp³-hybridized carbons (Fsp3) is 0.316. The van der Waals surface area contributed by atoms with Crippen LogP contribution in [0.5, 0.6) is 5.75 Å². The maximum absolute atomic E-state index is 12.6. The molecule has 2 rings (SSSR count). The van der Waals surface area contributed by atoms with Crippen LogP contribution in [0.2, 0.25) is 0 Å². The number of amides is 1. The van der Waals surface area contributed by atoms with Gasteiger partial charge < -0.3 is 15.0 Å². The number of hydrogen-bond donors (Lipinski definition) is 2. The summed E-state index contributed by atoms with van der Waals surface area (Å²) < 4.78 is 33.0. The molecule has 8 heteroatoms. The summed E-state index contributed by atoms with van der Waals surface area (Å²) in [6.45, 7) is 2.37. The van der Waals surface area contributed by atoms with Gasteiger partial charge in [0.1, 0.15) is 5.75 Å². The lowest BCUT2D eigenvalue weighted by molar-refractivity contribution is 0.0952. The number of nitrogens with one attached hydrogen (secondary N) is 2. The molecule has 146 valence electrons. The monoisotopic (exact) mass is 391 g/mol. The third-order valence-corrected chi connectivity index (χ3v) is 5.38. The molecular formula is C19H25N3O4S. The summed E-state index contributed by atoms with van der Waals surface area (Å²) in [5.41, 5.74) is 2.04. The molecule has 2 aromatic rings. The number of carbonyl (C=O) groups is 1. The lowest BCUT2D eigenvalue weighted by atomic mass is 10.2. The minimum absolute atomic E-state index is 0.00876. The Morgan fingerprint density at radius 3 is 2.33 bits per heavy atom. The van der Waals surface area contributed by atoms with E-state index in [9.17, 15) is 13.2 Å². The van der Waals surface area contributed by atoms with Crippen LogP contribution >= 0.6 is 0 Å². The average molecular weight is 391 g/mol. The van der Waals surface area contributed by atoms with Gasteiger partial charge in [0.25, 0.3) is 5.91 Å². The van der Waals surface area contributed by atoms with E-state index in [2.05, 4.69) is 10.0 Å². The van der Waals surface area contributed by atoms with Crippen LogP contribution < -0.4 is 19.7 Å². The lowest BCUT2D eigenvalue weighted by Crippen LogP contribution is -2.26. The highest BCUT2D eigenvalue weighted by Gasteiger charge is 2.19. The summed E-state index contributed by atoms with van der Waals surface area (Å²) in [6, 6.07) is 11.8. The van der Waals surface area contributed by atoms with Crippen molar-refractivity contribution in [1.82, 2.24) is 10.0 Å². The van der Waals surface area contributed by atoms with E-state index in [0.717, 1.165) is 11.3 Å². The molecule has 0 aliphatic carbocycles. The zero-order valence-corrected chi connectivity index (χ0v) is 16.8. The lowest BCUT2D eigenvalue weighted by Gasteiger charge is -2.13. The molecule has 7 nitrogen and oxygen atoms in total. The van der Waals surface area contributed by atoms with Gasteiger partial charge in [0.2, 0.25) is 10.0 Å². The summed E-state index contributed by atoms with van der Waals surface area (Å²) in [5, 5.41) is 2.65. The molecule has 0 aliphatic rings. The zero-order valence-electron chi connectivity index (χ0n) is 15.9. The number of anilines is 1. The first-order valence-electron chi connectivity index (χ1n) is 8.50. The molecule has 1 amide bonds. The number of carbonyl (C=O) groups excluding carboxylic acids is 1. The number of rotatable bonds is 8. The Balaban J connectivity index is 2.20. The molecule has 27 heavy (non-hydrogen) atoms. The summed E-state index contributed by atoms with van der Waals surface area (Å²) in [4.78, 5) is 14.1. The minimum atomic E-state index is -3.78. The second-order valence-corrected chi connectivity index (χ2v) is 7.87. The van der Waals surface area contributed by atoms with E-state index in [4.69, 9.17) is 4.74 Å². The first kappa shape index (κ1) is 20.7. The van der Waals surface area contributed by atoms with Crippen molar-refractivity contribution >= 4 is 21.6 Å². The van der Waals surface area contributed by atoms with Crippen molar-refractivity contribution in [2.24, 2.45) is 0 Å². The van der Waals surface area contributed by atoms with E-state index >= 15 is 0 Å². The van der Waals surface area contributed by atoms with E-state index in [1.54, 1.807) is 6.92 Å². The van der Waals surface area contributed by atoms with Gasteiger partial charge in [-0.1, -0.05) is 12.1 Å². The van der Waals surface area contributed by atoms with E-state index < -0.39 is 10.0 Å². The molecular weight excluding hydrogens is 366 g/mol. The van der Waals surface area contributed by atoms with Crippen molar-refractivity contribution in [2.75, 3.05) is 32.6 Å². The molecule has 2 aromatic carbocycles. The van der Waals surface area contributed by atoms with E-state index in [1.165, 1.54) is 25.3 Å². The molecule has 0 aliphatic heterocycles. The first-order valence-corrected chi connectivity index (χ1v) is 9.99. The summed E-state index contributed by atoms with van der Waals surface area (Å²) >= 11 is 0. The average Bonchev–Trinajstić information content (AvgIpc) is 2.66. The predicted octanol–water partition coefficient (Wildman–Crippen LogP) is 1.99. The molecule has 2 N–H and O–H groups in total. The standard InChI is InChI=1S/C19H25N3O4S/c1-5-20-19(23)17-12-16(10-11-18(17)26-4)27(24,25)21-13-14-6-8-15(9-7-14)22(2)3/h6-12,21H,5,13H2,1-4H3,(H,20,23). The van der Waals surface area contributed by atoms with Crippen LogP contribution in [0.15, 0.2) is 47.4 Å². The van der Waals surface area contributed by atoms with Gasteiger partial charge >= 0.3 is 0 Å². The van der Waals surface area contributed by atoms with E-state index in [0.29, 0.717) is 12.3 Å². The van der Waals surface area contributed by atoms with Crippen LogP contribution in [0.3, 0.4) is 0 Å². The SMILES string of the molecule is CCNC(=O)c1cc(S(=O)(=O)NCc2ccc(N(C)C)cc2)ccc1OC. The van der Waals surface area contributed by atoms with Gasteiger partial charge in [-0.2, -0.15) is 0 Å². The highest BCUT2D eigenvalue weighted by Crippen LogP contribution is 2.23. The van der Waals surface area contributed by atoms with Crippen LogP contribution in [-0.2, 0) is 16.6 Å². The zero-order chi connectivity index (χ0) is 20.0. The van der Waals surface area contributed by atoms with Gasteiger partial charge in [-0.15, -0.1) is 0 Å². The van der Waals surface area contributed by atoms with Gasteiger partial charge in [0.15, 0.2) is 0 Å². The minimum Gasteiger partial charge on any atom is -0.496 e. The summed E-state index contributed by atoms with van der Waals surface area (Å²) in [6.07, 6.45) is 0. The molecule has 0 unspecified atom stereocenters. The predicted molar refractivity (Wildman–Crippen MR) is 106 cm³/mol. The van der Waals surface area contributed by atoms with Gasteiger partial charge in [-0.25, -0.2) is 13.1 Å². The molecule has 0 radical (unpaired) electrons. The number of ether oxygens (including phenoxy) is 1. The van der Waals surface area contributed by atoms with Crippen molar-refractivity contribution in [1.29, 1.82) is 0 Å². The molecule has 0 heterocycles. The number of benzene rings is 2. The Morgan fingerprint density at radius 2 is 1.78 bits per heavy atom. The van der Waals surface area contributed by atoms with Crippen molar-refractivity contribution in [3.8, 4) is 5.75 Å². The Labute approximate surface area is 160 Å². The van der Waals surface area contributed by atoms with Gasteiger partial charge in [-0.3, -0.25) is 4.79 Å². The molecule has 0 fully saturated rings. The third kappa shape index (κ3) is 5.21.